The molecule has 0 aliphatic carbocycles. The molecule has 5 rings (SSSR count). The molecular weight excluding hydrogens is 346 g/mol. The van der Waals surface area contributed by atoms with E-state index in [0.29, 0.717) is 12.1 Å². The normalized spacial score (nSPS) is 26.6. The summed E-state index contributed by atoms with van der Waals surface area (Å²) in [6, 6.07) is 11.2. The second kappa shape index (κ2) is 7.32. The van der Waals surface area contributed by atoms with Crippen molar-refractivity contribution in [2.45, 2.75) is 44.3 Å². The Morgan fingerprint density at radius 3 is 2.86 bits per heavy atom. The van der Waals surface area contributed by atoms with E-state index in [4.69, 9.17) is 4.99 Å². The molecule has 5 heteroatoms. The number of nitrogens with one attached hydrogen (secondary N) is 1. The fourth-order valence-corrected chi connectivity index (χ4v) is 4.53. The molecule has 1 saturated heterocycles. The molecule has 0 aromatic carbocycles. The number of amidine groups is 1. The van der Waals surface area contributed by atoms with Crippen LogP contribution in [0.15, 0.2) is 65.9 Å². The van der Waals surface area contributed by atoms with Crippen LogP contribution in [0.2, 0.25) is 0 Å². The summed E-state index contributed by atoms with van der Waals surface area (Å²) in [6.45, 7) is 3.05. The van der Waals surface area contributed by atoms with Crippen molar-refractivity contribution in [3.8, 4) is 0 Å². The van der Waals surface area contributed by atoms with Gasteiger partial charge < -0.3 is 10.2 Å². The number of piperidine rings is 1. The number of rotatable bonds is 3. The molecule has 2 aromatic rings. The lowest BCUT2D eigenvalue weighted by Gasteiger charge is -2.34. The van der Waals surface area contributed by atoms with Crippen molar-refractivity contribution < 1.29 is 0 Å². The highest BCUT2D eigenvalue weighted by Crippen LogP contribution is 2.32. The lowest BCUT2D eigenvalue weighted by Crippen LogP contribution is -2.46. The number of aryl methyl sites for hydroxylation is 1. The van der Waals surface area contributed by atoms with Crippen LogP contribution in [0.1, 0.15) is 42.3 Å². The molecule has 28 heavy (non-hydrogen) atoms. The van der Waals surface area contributed by atoms with Crippen molar-refractivity contribution in [1.82, 2.24) is 20.2 Å². The highest BCUT2D eigenvalue weighted by atomic mass is 15.3. The van der Waals surface area contributed by atoms with Gasteiger partial charge in [0.15, 0.2) is 0 Å². The third-order valence-electron chi connectivity index (χ3n) is 5.93. The summed E-state index contributed by atoms with van der Waals surface area (Å²) in [5.74, 6) is 1.05. The third-order valence-corrected chi connectivity index (χ3v) is 5.93. The first kappa shape index (κ1) is 17.3. The van der Waals surface area contributed by atoms with Crippen LogP contribution in [0.4, 0.5) is 0 Å². The van der Waals surface area contributed by atoms with Gasteiger partial charge in [-0.15, -0.1) is 0 Å². The number of nitrogens with zero attached hydrogens (tertiary/aromatic N) is 4. The van der Waals surface area contributed by atoms with E-state index in [0.717, 1.165) is 36.6 Å². The molecule has 0 spiro atoms. The zero-order chi connectivity index (χ0) is 18.9. The van der Waals surface area contributed by atoms with E-state index < -0.39 is 0 Å². The number of hydrogen-bond donors (Lipinski definition) is 1. The van der Waals surface area contributed by atoms with E-state index in [2.05, 4.69) is 57.5 Å². The van der Waals surface area contributed by atoms with Crippen molar-refractivity contribution >= 4 is 11.5 Å². The summed E-state index contributed by atoms with van der Waals surface area (Å²) in [7, 11) is 0. The molecule has 5 heterocycles. The van der Waals surface area contributed by atoms with Gasteiger partial charge in [-0.2, -0.15) is 0 Å². The van der Waals surface area contributed by atoms with Crippen molar-refractivity contribution in [2.75, 3.05) is 6.54 Å². The monoisotopic (exact) mass is 371 g/mol. The SMILES string of the molecule is Cc1cccnc1[C@@H]1CCC[C@H](C2CN3C(c4ccccn4)=CC=CC3=N2)N1. The number of aliphatic imine (C=N–C) groups is 1. The Bertz CT molecular complexity index is 946. The van der Waals surface area contributed by atoms with Gasteiger partial charge >= 0.3 is 0 Å². The number of hydrogen-bond acceptors (Lipinski definition) is 5. The van der Waals surface area contributed by atoms with E-state index in [-0.39, 0.29) is 6.04 Å². The molecule has 1 N–H and O–H groups in total. The molecule has 1 unspecified atom stereocenters. The highest BCUT2D eigenvalue weighted by molar-refractivity contribution is 6.02. The Morgan fingerprint density at radius 1 is 1.07 bits per heavy atom. The van der Waals surface area contributed by atoms with Gasteiger partial charge in [0.1, 0.15) is 5.84 Å². The van der Waals surface area contributed by atoms with Crippen LogP contribution in [0, 0.1) is 6.92 Å². The molecule has 1 fully saturated rings. The fraction of sp³-hybridized carbons (Fsp3) is 0.348. The molecule has 5 nitrogen and oxygen atoms in total. The highest BCUT2D eigenvalue weighted by Gasteiger charge is 2.36. The largest absolute Gasteiger partial charge is 0.323 e. The molecule has 142 valence electrons. The smallest absolute Gasteiger partial charge is 0.128 e. The number of aromatic nitrogens is 2. The predicted octanol–water partition coefficient (Wildman–Crippen LogP) is 3.66. The first-order valence-electron chi connectivity index (χ1n) is 10.1. The topological polar surface area (TPSA) is 53.4 Å². The average Bonchev–Trinajstić information content (AvgIpc) is 3.19. The minimum absolute atomic E-state index is 0.247. The lowest BCUT2D eigenvalue weighted by atomic mass is 9.91. The van der Waals surface area contributed by atoms with Gasteiger partial charge in [-0.05, 0) is 62.1 Å². The van der Waals surface area contributed by atoms with Crippen LogP contribution in [0.25, 0.3) is 5.70 Å². The van der Waals surface area contributed by atoms with E-state index in [9.17, 15) is 0 Å². The van der Waals surface area contributed by atoms with Gasteiger partial charge in [-0.1, -0.05) is 18.2 Å². The fourth-order valence-electron chi connectivity index (χ4n) is 4.53. The molecular formula is C23H25N5. The Labute approximate surface area is 165 Å². The lowest BCUT2D eigenvalue weighted by molar-refractivity contribution is 0.282. The molecule has 3 aliphatic rings. The maximum Gasteiger partial charge on any atom is 0.128 e. The first-order valence-corrected chi connectivity index (χ1v) is 10.1. The average molecular weight is 371 g/mol. The summed E-state index contributed by atoms with van der Waals surface area (Å²) in [6.07, 6.45) is 13.6. The molecule has 3 atom stereocenters. The van der Waals surface area contributed by atoms with E-state index >= 15 is 0 Å². The van der Waals surface area contributed by atoms with Crippen molar-refractivity contribution in [2.24, 2.45) is 4.99 Å². The molecule has 0 amide bonds. The Balaban J connectivity index is 1.35. The summed E-state index contributed by atoms with van der Waals surface area (Å²) < 4.78 is 0. The number of allylic oxidation sites excluding steroid dienone is 2. The van der Waals surface area contributed by atoms with Crippen molar-refractivity contribution in [3.63, 3.8) is 0 Å². The second-order valence-corrected chi connectivity index (χ2v) is 7.75. The van der Waals surface area contributed by atoms with Gasteiger partial charge in [0.05, 0.1) is 29.2 Å². The molecule has 2 aromatic heterocycles. The van der Waals surface area contributed by atoms with E-state index in [1.54, 1.807) is 0 Å². The van der Waals surface area contributed by atoms with E-state index in [1.807, 2.05) is 30.6 Å². The van der Waals surface area contributed by atoms with Gasteiger partial charge in [0.2, 0.25) is 0 Å². The van der Waals surface area contributed by atoms with Crippen LogP contribution in [-0.4, -0.2) is 39.3 Å². The third kappa shape index (κ3) is 3.16. The van der Waals surface area contributed by atoms with Crippen molar-refractivity contribution in [1.29, 1.82) is 0 Å². The zero-order valence-corrected chi connectivity index (χ0v) is 16.1. The Kier molecular flexibility index (Phi) is 4.53. The van der Waals surface area contributed by atoms with Gasteiger partial charge in [0, 0.05) is 25.0 Å². The first-order chi connectivity index (χ1) is 13.8. The van der Waals surface area contributed by atoms with Gasteiger partial charge in [-0.3, -0.25) is 15.0 Å². The minimum Gasteiger partial charge on any atom is -0.323 e. The Hall–Kier alpha value is -2.79. The Morgan fingerprint density at radius 2 is 2.00 bits per heavy atom. The standard InChI is InChI=1S/C23H25N5/c1-16-7-6-14-25-23(16)19-10-4-9-17(26-19)20-15-28-21(11-5-12-22(28)27-20)18-8-2-3-13-24-18/h2-3,5-8,11-14,17,19-20,26H,4,9-10,15H2,1H3/t17-,19+,20?/m1/s1. The van der Waals surface area contributed by atoms with Gasteiger partial charge in [-0.25, -0.2) is 0 Å². The maximum atomic E-state index is 5.06. The zero-order valence-electron chi connectivity index (χ0n) is 16.1. The van der Waals surface area contributed by atoms with Crippen LogP contribution in [-0.2, 0) is 0 Å². The van der Waals surface area contributed by atoms with Crippen LogP contribution in [0.5, 0.6) is 0 Å². The maximum absolute atomic E-state index is 5.06. The second-order valence-electron chi connectivity index (χ2n) is 7.75. The summed E-state index contributed by atoms with van der Waals surface area (Å²) in [4.78, 5) is 16.6. The quantitative estimate of drug-likeness (QED) is 0.895. The molecule has 0 radical (unpaired) electrons. The molecule has 0 saturated carbocycles. The summed E-state index contributed by atoms with van der Waals surface area (Å²) >= 11 is 0. The summed E-state index contributed by atoms with van der Waals surface area (Å²) in [5.41, 5.74) is 4.58. The molecule has 0 bridgehead atoms. The predicted molar refractivity (Wildman–Crippen MR) is 112 cm³/mol. The summed E-state index contributed by atoms with van der Waals surface area (Å²) in [5, 5.41) is 3.86. The molecule has 3 aliphatic heterocycles. The van der Waals surface area contributed by atoms with Crippen LogP contribution in [0.3, 0.4) is 0 Å². The van der Waals surface area contributed by atoms with E-state index in [1.165, 1.54) is 17.7 Å². The number of pyridine rings is 2. The number of fused-ring (bicyclic) bond motifs is 1. The van der Waals surface area contributed by atoms with Crippen LogP contribution < -0.4 is 5.32 Å². The van der Waals surface area contributed by atoms with Crippen LogP contribution >= 0.6 is 0 Å². The van der Waals surface area contributed by atoms with Gasteiger partial charge in [0.25, 0.3) is 0 Å². The minimum atomic E-state index is 0.247. The van der Waals surface area contributed by atoms with Crippen molar-refractivity contribution in [3.05, 3.63) is 77.9 Å².